The molecule has 1 amide bonds. The van der Waals surface area contributed by atoms with Crippen LogP contribution in [0.2, 0.25) is 0 Å². The fraction of sp³-hybridized carbons (Fsp3) is 0.143. The molecule has 9 nitrogen and oxygen atoms in total. The molecule has 0 saturated carbocycles. The van der Waals surface area contributed by atoms with Crippen LogP contribution in [0.25, 0.3) is 11.5 Å². The van der Waals surface area contributed by atoms with E-state index in [0.717, 1.165) is 6.07 Å². The van der Waals surface area contributed by atoms with Crippen molar-refractivity contribution >= 4 is 11.7 Å². The second-order valence-corrected chi connectivity index (χ2v) is 6.81. The average molecular weight is 419 g/mol. The Hall–Kier alpha value is -4.21. The van der Waals surface area contributed by atoms with Gasteiger partial charge in [-0.3, -0.25) is 4.79 Å². The molecule has 3 aromatic heterocycles. The van der Waals surface area contributed by atoms with E-state index in [1.165, 1.54) is 24.7 Å². The van der Waals surface area contributed by atoms with E-state index in [4.69, 9.17) is 4.74 Å². The molecule has 10 heteroatoms. The van der Waals surface area contributed by atoms with Crippen molar-refractivity contribution in [3.8, 4) is 23.1 Å². The van der Waals surface area contributed by atoms with Crippen molar-refractivity contribution in [2.45, 2.75) is 19.9 Å². The minimum absolute atomic E-state index is 0.136. The third-order valence-corrected chi connectivity index (χ3v) is 4.31. The van der Waals surface area contributed by atoms with Gasteiger partial charge in [-0.05, 0) is 44.2 Å². The Morgan fingerprint density at radius 3 is 2.84 bits per heavy atom. The summed E-state index contributed by atoms with van der Waals surface area (Å²) >= 11 is 0. The maximum absolute atomic E-state index is 14.3. The Bertz CT molecular complexity index is 1210. The van der Waals surface area contributed by atoms with Crippen LogP contribution < -0.4 is 10.1 Å². The molecule has 0 aliphatic heterocycles. The van der Waals surface area contributed by atoms with Crippen molar-refractivity contribution in [1.29, 1.82) is 0 Å². The number of rotatable bonds is 6. The van der Waals surface area contributed by atoms with Crippen molar-refractivity contribution in [3.05, 3.63) is 72.7 Å². The first-order chi connectivity index (χ1) is 15.0. The van der Waals surface area contributed by atoms with Crippen LogP contribution in [0.5, 0.6) is 11.6 Å². The molecule has 156 valence electrons. The fourth-order valence-corrected chi connectivity index (χ4v) is 2.82. The zero-order valence-corrected chi connectivity index (χ0v) is 16.7. The van der Waals surface area contributed by atoms with E-state index in [-0.39, 0.29) is 29.1 Å². The molecule has 1 N–H and O–H groups in total. The molecule has 3 heterocycles. The normalized spacial score (nSPS) is 10.8. The lowest BCUT2D eigenvalue weighted by molar-refractivity contribution is 0.102. The highest BCUT2D eigenvalue weighted by atomic mass is 19.1. The lowest BCUT2D eigenvalue weighted by atomic mass is 10.2. The van der Waals surface area contributed by atoms with Crippen LogP contribution in [0, 0.1) is 5.82 Å². The Kier molecular flexibility index (Phi) is 5.61. The molecule has 0 bridgehead atoms. The lowest BCUT2D eigenvalue weighted by Crippen LogP contribution is -2.15. The molecule has 31 heavy (non-hydrogen) atoms. The van der Waals surface area contributed by atoms with Gasteiger partial charge in [-0.2, -0.15) is 0 Å². The van der Waals surface area contributed by atoms with Crippen LogP contribution in [-0.4, -0.2) is 35.6 Å². The average Bonchev–Trinajstić information content (AvgIpc) is 3.26. The highest BCUT2D eigenvalue weighted by molar-refractivity contribution is 6.04. The predicted octanol–water partition coefficient (Wildman–Crippen LogP) is 3.89. The minimum Gasteiger partial charge on any atom is -0.439 e. The van der Waals surface area contributed by atoms with Crippen LogP contribution in [0.3, 0.4) is 0 Å². The van der Waals surface area contributed by atoms with Crippen LogP contribution in [0.15, 0.2) is 61.3 Å². The van der Waals surface area contributed by atoms with Crippen LogP contribution in [0.4, 0.5) is 10.2 Å². The number of halogens is 1. The lowest BCUT2D eigenvalue weighted by Gasteiger charge is -2.11. The summed E-state index contributed by atoms with van der Waals surface area (Å²) in [5.74, 6) is -0.00249. The van der Waals surface area contributed by atoms with Crippen molar-refractivity contribution < 1.29 is 13.9 Å². The molecule has 0 aliphatic rings. The van der Waals surface area contributed by atoms with Gasteiger partial charge in [0, 0.05) is 18.3 Å². The molecule has 0 spiro atoms. The Morgan fingerprint density at radius 1 is 1.19 bits per heavy atom. The summed E-state index contributed by atoms with van der Waals surface area (Å²) in [5.41, 5.74) is 0.342. The predicted molar refractivity (Wildman–Crippen MR) is 110 cm³/mol. The number of hydrogen-bond acceptors (Lipinski definition) is 7. The van der Waals surface area contributed by atoms with E-state index in [2.05, 4.69) is 30.5 Å². The standard InChI is InChI=1S/C21H18FN7O2/c1-13(2)29-12-25-28-20(29)17-4-3-5-18(26-17)27-21(30)15-10-14(6-7-16(15)22)31-19-8-9-23-11-24-19/h3-13H,1-2H3,(H,26,27,30). The number of pyridine rings is 1. The zero-order chi connectivity index (χ0) is 21.8. The highest BCUT2D eigenvalue weighted by Crippen LogP contribution is 2.23. The summed E-state index contributed by atoms with van der Waals surface area (Å²) in [4.78, 5) is 24.9. The van der Waals surface area contributed by atoms with Crippen LogP contribution in [0.1, 0.15) is 30.2 Å². The van der Waals surface area contributed by atoms with Gasteiger partial charge < -0.3 is 14.6 Å². The first-order valence-corrected chi connectivity index (χ1v) is 9.43. The Morgan fingerprint density at radius 2 is 2.06 bits per heavy atom. The topological polar surface area (TPSA) is 108 Å². The van der Waals surface area contributed by atoms with Gasteiger partial charge in [0.05, 0.1) is 5.56 Å². The quantitative estimate of drug-likeness (QED) is 0.505. The fourth-order valence-electron chi connectivity index (χ4n) is 2.82. The molecule has 0 saturated heterocycles. The molecule has 0 fully saturated rings. The summed E-state index contributed by atoms with van der Waals surface area (Å²) in [6.07, 6.45) is 4.45. The van der Waals surface area contributed by atoms with Gasteiger partial charge in [-0.15, -0.1) is 10.2 Å². The highest BCUT2D eigenvalue weighted by Gasteiger charge is 2.16. The second-order valence-electron chi connectivity index (χ2n) is 6.81. The maximum atomic E-state index is 14.3. The number of nitrogens with one attached hydrogen (secondary N) is 1. The number of hydrogen-bond donors (Lipinski definition) is 1. The van der Waals surface area contributed by atoms with Gasteiger partial charge in [0.2, 0.25) is 5.88 Å². The summed E-state index contributed by atoms with van der Waals surface area (Å²) in [5, 5.41) is 10.6. The summed E-state index contributed by atoms with van der Waals surface area (Å²) < 4.78 is 21.7. The van der Waals surface area contributed by atoms with Crippen molar-refractivity contribution in [3.63, 3.8) is 0 Å². The molecular formula is C21H18FN7O2. The number of aromatic nitrogens is 6. The number of anilines is 1. The van der Waals surface area contributed by atoms with Crippen LogP contribution >= 0.6 is 0 Å². The summed E-state index contributed by atoms with van der Waals surface area (Å²) in [7, 11) is 0. The smallest absolute Gasteiger partial charge is 0.259 e. The van der Waals surface area contributed by atoms with Crippen molar-refractivity contribution in [1.82, 2.24) is 29.7 Å². The van der Waals surface area contributed by atoms with Gasteiger partial charge in [-0.25, -0.2) is 19.3 Å². The number of ether oxygens (including phenoxy) is 1. The third-order valence-electron chi connectivity index (χ3n) is 4.31. The molecule has 4 rings (SSSR count). The number of carbonyl (C=O) groups is 1. The van der Waals surface area contributed by atoms with Gasteiger partial charge >= 0.3 is 0 Å². The first kappa shape index (κ1) is 20.1. The van der Waals surface area contributed by atoms with Gasteiger partial charge in [0.25, 0.3) is 5.91 Å². The first-order valence-electron chi connectivity index (χ1n) is 9.43. The zero-order valence-electron chi connectivity index (χ0n) is 16.7. The van der Waals surface area contributed by atoms with E-state index in [1.807, 2.05) is 18.4 Å². The number of benzene rings is 1. The number of carbonyl (C=O) groups excluding carboxylic acids is 1. The molecule has 1 aromatic carbocycles. The third kappa shape index (κ3) is 4.53. The Balaban J connectivity index is 1.56. The number of amides is 1. The number of nitrogens with zero attached hydrogens (tertiary/aromatic N) is 6. The largest absolute Gasteiger partial charge is 0.439 e. The van der Waals surface area contributed by atoms with E-state index in [9.17, 15) is 9.18 Å². The minimum atomic E-state index is -0.691. The summed E-state index contributed by atoms with van der Waals surface area (Å²) in [6.45, 7) is 4.00. The van der Waals surface area contributed by atoms with Gasteiger partial charge in [0.15, 0.2) is 5.82 Å². The summed E-state index contributed by atoms with van der Waals surface area (Å²) in [6, 6.07) is 10.6. The molecule has 4 aromatic rings. The van der Waals surface area contributed by atoms with E-state index in [1.54, 1.807) is 30.6 Å². The Labute approximate surface area is 177 Å². The van der Waals surface area contributed by atoms with Gasteiger partial charge in [0.1, 0.15) is 35.7 Å². The van der Waals surface area contributed by atoms with Crippen LogP contribution in [-0.2, 0) is 0 Å². The molecular weight excluding hydrogens is 401 g/mol. The monoisotopic (exact) mass is 419 g/mol. The van der Waals surface area contributed by atoms with Crippen molar-refractivity contribution in [2.24, 2.45) is 0 Å². The molecule has 0 unspecified atom stereocenters. The van der Waals surface area contributed by atoms with E-state index in [0.29, 0.717) is 11.5 Å². The molecule has 0 atom stereocenters. The molecule has 0 radical (unpaired) electrons. The van der Waals surface area contributed by atoms with E-state index < -0.39 is 11.7 Å². The van der Waals surface area contributed by atoms with Crippen molar-refractivity contribution in [2.75, 3.05) is 5.32 Å². The molecule has 0 aliphatic carbocycles. The second kappa shape index (κ2) is 8.66. The van der Waals surface area contributed by atoms with Gasteiger partial charge in [-0.1, -0.05) is 6.07 Å². The SMILES string of the molecule is CC(C)n1cnnc1-c1cccc(NC(=O)c2cc(Oc3ccncn3)ccc2F)n1. The van der Waals surface area contributed by atoms with E-state index >= 15 is 0 Å². The maximum Gasteiger partial charge on any atom is 0.259 e.